The van der Waals surface area contributed by atoms with Crippen LogP contribution >= 0.6 is 11.3 Å². The lowest BCUT2D eigenvalue weighted by Gasteiger charge is -2.09. The van der Waals surface area contributed by atoms with Crippen LogP contribution < -0.4 is 14.8 Å². The minimum absolute atomic E-state index is 0.174. The summed E-state index contributed by atoms with van der Waals surface area (Å²) in [5, 5.41) is 3.91. The average Bonchev–Trinajstić information content (AvgIpc) is 3.31. The van der Waals surface area contributed by atoms with Crippen LogP contribution in [0.4, 0.5) is 5.69 Å². The van der Waals surface area contributed by atoms with Gasteiger partial charge in [-0.3, -0.25) is 4.79 Å². The summed E-state index contributed by atoms with van der Waals surface area (Å²) in [4.78, 5) is 17.4. The Kier molecular flexibility index (Phi) is 6.73. The SMILES string of the molecule is Cc1ccc2nc(-c3ccc(NC(=O)c4ccc(OCCOc5ccccc5)cc4)cc3)sc2c1. The van der Waals surface area contributed by atoms with E-state index in [2.05, 4.69) is 24.4 Å². The van der Waals surface area contributed by atoms with E-state index in [-0.39, 0.29) is 5.91 Å². The molecule has 0 aliphatic rings. The molecule has 4 aromatic carbocycles. The van der Waals surface area contributed by atoms with Gasteiger partial charge in [-0.15, -0.1) is 11.3 Å². The topological polar surface area (TPSA) is 60.5 Å². The van der Waals surface area contributed by atoms with Gasteiger partial charge in [-0.25, -0.2) is 4.98 Å². The van der Waals surface area contributed by atoms with Gasteiger partial charge in [0.15, 0.2) is 0 Å². The van der Waals surface area contributed by atoms with E-state index in [1.54, 1.807) is 35.6 Å². The molecule has 5 rings (SSSR count). The van der Waals surface area contributed by atoms with Gasteiger partial charge in [-0.2, -0.15) is 0 Å². The summed E-state index contributed by atoms with van der Waals surface area (Å²) in [5.41, 5.74) is 4.55. The molecule has 1 heterocycles. The molecule has 1 amide bonds. The Morgan fingerprint density at radius 1 is 0.829 bits per heavy atom. The normalized spacial score (nSPS) is 10.8. The quantitative estimate of drug-likeness (QED) is 0.243. The van der Waals surface area contributed by atoms with Crippen molar-refractivity contribution in [2.75, 3.05) is 18.5 Å². The van der Waals surface area contributed by atoms with Crippen molar-refractivity contribution in [3.63, 3.8) is 0 Å². The van der Waals surface area contributed by atoms with Crippen molar-refractivity contribution in [1.29, 1.82) is 0 Å². The number of nitrogens with one attached hydrogen (secondary N) is 1. The minimum atomic E-state index is -0.174. The molecule has 0 radical (unpaired) electrons. The number of hydrogen-bond donors (Lipinski definition) is 1. The van der Waals surface area contributed by atoms with Crippen LogP contribution in [0.3, 0.4) is 0 Å². The summed E-state index contributed by atoms with van der Waals surface area (Å²) in [6.07, 6.45) is 0. The van der Waals surface area contributed by atoms with E-state index in [4.69, 9.17) is 14.5 Å². The number of fused-ring (bicyclic) bond motifs is 1. The van der Waals surface area contributed by atoms with Gasteiger partial charge >= 0.3 is 0 Å². The van der Waals surface area contributed by atoms with E-state index in [1.165, 1.54) is 10.3 Å². The van der Waals surface area contributed by atoms with Crippen molar-refractivity contribution < 1.29 is 14.3 Å². The van der Waals surface area contributed by atoms with Crippen LogP contribution in [0.1, 0.15) is 15.9 Å². The number of rotatable bonds is 8. The van der Waals surface area contributed by atoms with Gasteiger partial charge in [-0.1, -0.05) is 24.3 Å². The van der Waals surface area contributed by atoms with Gasteiger partial charge in [0.05, 0.1) is 10.2 Å². The fourth-order valence-corrected chi connectivity index (χ4v) is 4.66. The first-order chi connectivity index (χ1) is 17.1. The number of amides is 1. The van der Waals surface area contributed by atoms with E-state index in [1.807, 2.05) is 60.7 Å². The Hall–Kier alpha value is -4.16. The second-order valence-corrected chi connectivity index (χ2v) is 9.09. The lowest BCUT2D eigenvalue weighted by Crippen LogP contribution is -2.12. The predicted molar refractivity (Wildman–Crippen MR) is 142 cm³/mol. The lowest BCUT2D eigenvalue weighted by molar-refractivity contribution is 0.102. The molecule has 5 aromatic rings. The van der Waals surface area contributed by atoms with Crippen molar-refractivity contribution in [3.05, 3.63) is 108 Å². The summed E-state index contributed by atoms with van der Waals surface area (Å²) in [7, 11) is 0. The molecule has 0 atom stereocenters. The number of carbonyl (C=O) groups excluding carboxylic acids is 1. The zero-order valence-corrected chi connectivity index (χ0v) is 20.0. The third-order valence-corrected chi connectivity index (χ3v) is 6.48. The van der Waals surface area contributed by atoms with Crippen LogP contribution in [0.2, 0.25) is 0 Å². The first-order valence-corrected chi connectivity index (χ1v) is 12.2. The molecule has 0 aliphatic heterocycles. The van der Waals surface area contributed by atoms with Gasteiger partial charge < -0.3 is 14.8 Å². The fourth-order valence-electron chi connectivity index (χ4n) is 3.59. The van der Waals surface area contributed by atoms with Crippen LogP contribution in [0.5, 0.6) is 11.5 Å². The largest absolute Gasteiger partial charge is 0.490 e. The first-order valence-electron chi connectivity index (χ1n) is 11.3. The number of nitrogens with zero attached hydrogens (tertiary/aromatic N) is 1. The number of carbonyl (C=O) groups is 1. The number of hydrogen-bond acceptors (Lipinski definition) is 5. The Labute approximate surface area is 208 Å². The van der Waals surface area contributed by atoms with Crippen molar-refractivity contribution in [1.82, 2.24) is 4.98 Å². The van der Waals surface area contributed by atoms with Gasteiger partial charge in [0.1, 0.15) is 29.7 Å². The number of benzene rings is 4. The van der Waals surface area contributed by atoms with E-state index in [9.17, 15) is 4.79 Å². The van der Waals surface area contributed by atoms with Gasteiger partial charge in [0.2, 0.25) is 0 Å². The second kappa shape index (κ2) is 10.4. The summed E-state index contributed by atoms with van der Waals surface area (Å²) in [5.74, 6) is 1.33. The van der Waals surface area contributed by atoms with Crippen LogP contribution in [0.15, 0.2) is 97.1 Å². The Balaban J connectivity index is 1.15. The van der Waals surface area contributed by atoms with Crippen LogP contribution in [-0.2, 0) is 0 Å². The van der Waals surface area contributed by atoms with Crippen molar-refractivity contribution in [3.8, 4) is 22.1 Å². The molecule has 5 nitrogen and oxygen atoms in total. The fraction of sp³-hybridized carbons (Fsp3) is 0.103. The number of aryl methyl sites for hydroxylation is 1. The standard InChI is InChI=1S/C29H24N2O3S/c1-20-7-16-26-27(19-20)35-29(31-26)22-8-12-23(13-9-22)30-28(32)21-10-14-25(15-11-21)34-18-17-33-24-5-3-2-4-6-24/h2-16,19H,17-18H2,1H3,(H,30,32). The van der Waals surface area contributed by atoms with E-state index in [0.29, 0.717) is 24.5 Å². The monoisotopic (exact) mass is 480 g/mol. The highest BCUT2D eigenvalue weighted by molar-refractivity contribution is 7.21. The number of ether oxygens (including phenoxy) is 2. The molecule has 0 saturated carbocycles. The number of aromatic nitrogens is 1. The Morgan fingerprint density at radius 3 is 2.23 bits per heavy atom. The molecule has 174 valence electrons. The third-order valence-electron chi connectivity index (χ3n) is 5.41. The smallest absolute Gasteiger partial charge is 0.255 e. The molecule has 0 fully saturated rings. The van der Waals surface area contributed by atoms with Gasteiger partial charge in [-0.05, 0) is 85.3 Å². The molecule has 0 saturated heterocycles. The van der Waals surface area contributed by atoms with Crippen molar-refractivity contribution in [2.45, 2.75) is 6.92 Å². The predicted octanol–water partition coefficient (Wildman–Crippen LogP) is 6.98. The van der Waals surface area contributed by atoms with Crippen molar-refractivity contribution >= 4 is 33.1 Å². The highest BCUT2D eigenvalue weighted by Crippen LogP contribution is 2.31. The summed E-state index contributed by atoms with van der Waals surface area (Å²) < 4.78 is 12.5. The molecule has 6 heteroatoms. The van der Waals surface area contributed by atoms with Crippen molar-refractivity contribution in [2.24, 2.45) is 0 Å². The van der Waals surface area contributed by atoms with E-state index in [0.717, 1.165) is 27.5 Å². The van der Waals surface area contributed by atoms with Gasteiger partial charge in [0, 0.05) is 16.8 Å². The minimum Gasteiger partial charge on any atom is -0.490 e. The lowest BCUT2D eigenvalue weighted by atomic mass is 10.2. The number of anilines is 1. The highest BCUT2D eigenvalue weighted by atomic mass is 32.1. The summed E-state index contributed by atoms with van der Waals surface area (Å²) in [6.45, 7) is 2.94. The summed E-state index contributed by atoms with van der Waals surface area (Å²) >= 11 is 1.67. The van der Waals surface area contributed by atoms with Crippen LogP contribution in [0, 0.1) is 6.92 Å². The first kappa shape index (κ1) is 22.6. The Bertz CT molecular complexity index is 1430. The molecule has 1 aromatic heterocycles. The molecule has 35 heavy (non-hydrogen) atoms. The van der Waals surface area contributed by atoms with Crippen LogP contribution in [0.25, 0.3) is 20.8 Å². The molecular formula is C29H24N2O3S. The van der Waals surface area contributed by atoms with E-state index >= 15 is 0 Å². The average molecular weight is 481 g/mol. The third kappa shape index (κ3) is 5.67. The molecule has 0 bridgehead atoms. The molecular weight excluding hydrogens is 456 g/mol. The van der Waals surface area contributed by atoms with Gasteiger partial charge in [0.25, 0.3) is 5.91 Å². The molecule has 0 aliphatic carbocycles. The second-order valence-electron chi connectivity index (χ2n) is 8.06. The highest BCUT2D eigenvalue weighted by Gasteiger charge is 2.09. The molecule has 1 N–H and O–H groups in total. The zero-order valence-electron chi connectivity index (χ0n) is 19.2. The molecule has 0 spiro atoms. The maximum absolute atomic E-state index is 12.7. The maximum Gasteiger partial charge on any atom is 0.255 e. The Morgan fingerprint density at radius 2 is 1.51 bits per heavy atom. The zero-order chi connectivity index (χ0) is 24.0. The van der Waals surface area contributed by atoms with Crippen LogP contribution in [-0.4, -0.2) is 24.1 Å². The number of thiazole rings is 1. The van der Waals surface area contributed by atoms with E-state index < -0.39 is 0 Å². The maximum atomic E-state index is 12.7. The number of para-hydroxylation sites is 1. The summed E-state index contributed by atoms with van der Waals surface area (Å²) in [6, 6.07) is 30.7. The molecule has 0 unspecified atom stereocenters.